The lowest BCUT2D eigenvalue weighted by Crippen LogP contribution is -1.94. The fourth-order valence-corrected chi connectivity index (χ4v) is 0.894. The summed E-state index contributed by atoms with van der Waals surface area (Å²) in [7, 11) is 0. The first-order valence-corrected chi connectivity index (χ1v) is 3.87. The summed E-state index contributed by atoms with van der Waals surface area (Å²) in [5, 5.41) is 2.03. The van der Waals surface area contributed by atoms with Crippen LogP contribution in [0, 0.1) is 0 Å². The van der Waals surface area contributed by atoms with Crippen molar-refractivity contribution in [1.29, 1.82) is 0 Å². The van der Waals surface area contributed by atoms with E-state index in [1.165, 1.54) is 0 Å². The van der Waals surface area contributed by atoms with Gasteiger partial charge < -0.3 is 4.42 Å². The number of aryl methyl sites for hydroxylation is 1. The predicted molar refractivity (Wildman–Crippen MR) is 47.1 cm³/mol. The van der Waals surface area contributed by atoms with Gasteiger partial charge in [0.15, 0.2) is 0 Å². The summed E-state index contributed by atoms with van der Waals surface area (Å²) in [5.41, 5.74) is 0. The highest BCUT2D eigenvalue weighted by Gasteiger charge is 2.00. The number of hydrogen-bond donors (Lipinski definition) is 0. The number of amides is 1. The molecule has 1 amide bonds. The van der Waals surface area contributed by atoms with Crippen LogP contribution in [0.15, 0.2) is 27.8 Å². The van der Waals surface area contributed by atoms with Crippen molar-refractivity contribution in [3.63, 3.8) is 0 Å². The molecule has 0 fully saturated rings. The molecule has 0 saturated carbocycles. The fraction of sp³-hybridized carbons (Fsp3) is 0.250. The Kier molecular flexibility index (Phi) is 3.38. The Morgan fingerprint density at radius 2 is 2.58 bits per heavy atom. The Bertz CT molecular complexity index is 299. The monoisotopic (exact) mass is 181 g/mol. The summed E-state index contributed by atoms with van der Waals surface area (Å²) >= 11 is 4.28. The topological polar surface area (TPSA) is 42.6 Å². The fourth-order valence-electron chi connectivity index (χ4n) is 0.792. The molecule has 0 saturated heterocycles. The summed E-state index contributed by atoms with van der Waals surface area (Å²) in [5.74, 6) is 0.518. The molecule has 0 aliphatic carbocycles. The van der Waals surface area contributed by atoms with E-state index in [1.54, 1.807) is 12.3 Å². The Labute approximate surface area is 75.1 Å². The zero-order valence-corrected chi connectivity index (χ0v) is 7.13. The Morgan fingerprint density at radius 1 is 1.75 bits per heavy atom. The third-order valence-electron chi connectivity index (χ3n) is 1.34. The lowest BCUT2D eigenvalue weighted by molar-refractivity contribution is -0.117. The van der Waals surface area contributed by atoms with Crippen LogP contribution >= 0.6 is 12.2 Å². The standard InChI is InChI=1S/C8H7NO2S/c10-8(9-6-12)4-3-7-2-1-5-11-7/h1-2,5H,3-4H2. The third-order valence-corrected chi connectivity index (χ3v) is 1.43. The molecule has 0 unspecified atom stereocenters. The maximum atomic E-state index is 10.8. The minimum Gasteiger partial charge on any atom is -0.469 e. The van der Waals surface area contributed by atoms with E-state index in [2.05, 4.69) is 17.2 Å². The highest BCUT2D eigenvalue weighted by Crippen LogP contribution is 2.03. The van der Waals surface area contributed by atoms with Gasteiger partial charge in [0.1, 0.15) is 5.76 Å². The molecule has 0 radical (unpaired) electrons. The van der Waals surface area contributed by atoms with Crippen molar-refractivity contribution in [2.75, 3.05) is 0 Å². The first-order valence-electron chi connectivity index (χ1n) is 3.46. The van der Waals surface area contributed by atoms with Crippen LogP contribution in [0.25, 0.3) is 0 Å². The van der Waals surface area contributed by atoms with Gasteiger partial charge in [0.2, 0.25) is 0 Å². The molecule has 12 heavy (non-hydrogen) atoms. The number of carbonyl (C=O) groups excluding carboxylic acids is 1. The van der Waals surface area contributed by atoms with E-state index < -0.39 is 0 Å². The average molecular weight is 181 g/mol. The second-order valence-electron chi connectivity index (χ2n) is 2.18. The first kappa shape index (κ1) is 8.84. The smallest absolute Gasteiger partial charge is 0.254 e. The third kappa shape index (κ3) is 2.78. The molecular formula is C8H7NO2S. The molecule has 0 spiro atoms. The van der Waals surface area contributed by atoms with Gasteiger partial charge in [-0.05, 0) is 24.4 Å². The van der Waals surface area contributed by atoms with Gasteiger partial charge in [-0.2, -0.15) is 4.99 Å². The molecule has 0 aliphatic rings. The van der Waals surface area contributed by atoms with Gasteiger partial charge in [0.05, 0.1) is 11.4 Å². The van der Waals surface area contributed by atoms with E-state index in [4.69, 9.17) is 4.42 Å². The van der Waals surface area contributed by atoms with Crippen LogP contribution < -0.4 is 0 Å². The molecule has 1 aromatic rings. The lowest BCUT2D eigenvalue weighted by atomic mass is 10.2. The number of thiocarbonyl (C=S) groups is 1. The van der Waals surface area contributed by atoms with Gasteiger partial charge in [-0.15, -0.1) is 0 Å². The zero-order valence-electron chi connectivity index (χ0n) is 6.32. The van der Waals surface area contributed by atoms with Gasteiger partial charge in [-0.25, -0.2) is 0 Å². The highest BCUT2D eigenvalue weighted by atomic mass is 32.1. The van der Waals surface area contributed by atoms with Crippen LogP contribution in [-0.2, 0) is 11.2 Å². The van der Waals surface area contributed by atoms with Gasteiger partial charge in [0, 0.05) is 12.8 Å². The molecular weight excluding hydrogens is 174 g/mol. The van der Waals surface area contributed by atoms with Gasteiger partial charge in [-0.3, -0.25) is 4.79 Å². The number of furan rings is 1. The zero-order chi connectivity index (χ0) is 8.81. The lowest BCUT2D eigenvalue weighted by Gasteiger charge is -1.90. The number of rotatable bonds is 3. The SMILES string of the molecule is O=C(CCc1ccco1)N=C=S. The molecule has 0 aromatic carbocycles. The van der Waals surface area contributed by atoms with E-state index in [0.29, 0.717) is 12.8 Å². The number of nitrogens with zero attached hydrogens (tertiary/aromatic N) is 1. The Hall–Kier alpha value is -1.25. The minimum atomic E-state index is -0.263. The van der Waals surface area contributed by atoms with Crippen LogP contribution in [0.3, 0.4) is 0 Å². The molecule has 1 heterocycles. The summed E-state index contributed by atoms with van der Waals surface area (Å²) in [6.07, 6.45) is 2.45. The molecule has 62 valence electrons. The van der Waals surface area contributed by atoms with Crippen molar-refractivity contribution in [2.24, 2.45) is 4.99 Å². The summed E-state index contributed by atoms with van der Waals surface area (Å²) in [6, 6.07) is 3.59. The second kappa shape index (κ2) is 4.59. The van der Waals surface area contributed by atoms with Gasteiger partial charge in [0.25, 0.3) is 5.91 Å². The molecule has 4 heteroatoms. The Balaban J connectivity index is 2.36. The maximum absolute atomic E-state index is 10.8. The molecule has 1 rings (SSSR count). The van der Waals surface area contributed by atoms with Crippen LogP contribution in [0.2, 0.25) is 0 Å². The Morgan fingerprint density at radius 3 is 3.17 bits per heavy atom. The van der Waals surface area contributed by atoms with Crippen LogP contribution in [0.4, 0.5) is 0 Å². The normalized spacial score (nSPS) is 9.00. The number of aliphatic imine (C=N–C) groups is 1. The second-order valence-corrected chi connectivity index (χ2v) is 2.36. The van der Waals surface area contributed by atoms with Gasteiger partial charge in [-0.1, -0.05) is 0 Å². The van der Waals surface area contributed by atoms with Crippen LogP contribution in [0.5, 0.6) is 0 Å². The van der Waals surface area contributed by atoms with Crippen molar-refractivity contribution in [1.82, 2.24) is 0 Å². The average Bonchev–Trinajstić information content (AvgIpc) is 2.53. The van der Waals surface area contributed by atoms with E-state index >= 15 is 0 Å². The first-order chi connectivity index (χ1) is 5.83. The molecule has 0 aliphatic heterocycles. The van der Waals surface area contributed by atoms with Crippen molar-refractivity contribution >= 4 is 23.3 Å². The molecule has 0 atom stereocenters. The van der Waals surface area contributed by atoms with Crippen molar-refractivity contribution in [2.45, 2.75) is 12.8 Å². The number of hydrogen-bond acceptors (Lipinski definition) is 3. The van der Waals surface area contributed by atoms with E-state index in [-0.39, 0.29) is 5.91 Å². The highest BCUT2D eigenvalue weighted by molar-refractivity contribution is 7.78. The molecule has 1 aromatic heterocycles. The summed E-state index contributed by atoms with van der Waals surface area (Å²) in [6.45, 7) is 0. The molecule has 0 N–H and O–H groups in total. The number of isothiocyanates is 1. The quantitative estimate of drug-likeness (QED) is 0.528. The predicted octanol–water partition coefficient (Wildman–Crippen LogP) is 1.84. The maximum Gasteiger partial charge on any atom is 0.254 e. The van der Waals surface area contributed by atoms with Crippen LogP contribution in [0.1, 0.15) is 12.2 Å². The largest absolute Gasteiger partial charge is 0.469 e. The minimum absolute atomic E-state index is 0.263. The van der Waals surface area contributed by atoms with E-state index in [9.17, 15) is 4.79 Å². The van der Waals surface area contributed by atoms with E-state index in [1.807, 2.05) is 11.2 Å². The van der Waals surface area contributed by atoms with Crippen molar-refractivity contribution < 1.29 is 9.21 Å². The summed E-state index contributed by atoms with van der Waals surface area (Å²) in [4.78, 5) is 14.1. The molecule has 0 bridgehead atoms. The van der Waals surface area contributed by atoms with Crippen molar-refractivity contribution in [3.8, 4) is 0 Å². The van der Waals surface area contributed by atoms with Crippen molar-refractivity contribution in [3.05, 3.63) is 24.2 Å². The molecule has 3 nitrogen and oxygen atoms in total. The summed E-state index contributed by atoms with van der Waals surface area (Å²) < 4.78 is 5.02. The van der Waals surface area contributed by atoms with E-state index in [0.717, 1.165) is 5.76 Å². The van der Waals surface area contributed by atoms with Crippen LogP contribution in [-0.4, -0.2) is 11.1 Å². The van der Waals surface area contributed by atoms with Gasteiger partial charge >= 0.3 is 0 Å². The number of carbonyl (C=O) groups is 1.